The standard InChI is InChI=1S/C15H23ClN2O/c1-2-18-6-7-19-15(12-18)11-17-10-14-5-3-4-13(8-14)9-16/h3-5,8,15,17H,2,6-7,9-12H2,1H3. The third-order valence-corrected chi connectivity index (χ3v) is 3.83. The van der Waals surface area contributed by atoms with E-state index in [0.717, 1.165) is 39.3 Å². The Kier molecular flexibility index (Phi) is 6.11. The maximum atomic E-state index is 5.84. The van der Waals surface area contributed by atoms with Crippen LogP contribution in [0.2, 0.25) is 0 Å². The molecule has 0 bridgehead atoms. The number of nitrogens with one attached hydrogen (secondary N) is 1. The molecular formula is C15H23ClN2O. The molecular weight excluding hydrogens is 260 g/mol. The minimum absolute atomic E-state index is 0.310. The fourth-order valence-electron chi connectivity index (χ4n) is 2.39. The summed E-state index contributed by atoms with van der Waals surface area (Å²) in [6.07, 6.45) is 0.310. The Morgan fingerprint density at radius 1 is 1.42 bits per heavy atom. The smallest absolute Gasteiger partial charge is 0.0826 e. The summed E-state index contributed by atoms with van der Waals surface area (Å²) in [5.41, 5.74) is 2.45. The number of ether oxygens (including phenoxy) is 1. The summed E-state index contributed by atoms with van der Waals surface area (Å²) < 4.78 is 5.77. The summed E-state index contributed by atoms with van der Waals surface area (Å²) in [5.74, 6) is 0.574. The van der Waals surface area contributed by atoms with Crippen molar-refractivity contribution in [1.29, 1.82) is 0 Å². The van der Waals surface area contributed by atoms with Crippen molar-refractivity contribution in [1.82, 2.24) is 10.2 Å². The SMILES string of the molecule is CCN1CCOC(CNCc2cccc(CCl)c2)C1. The Morgan fingerprint density at radius 3 is 3.05 bits per heavy atom. The Bertz CT molecular complexity index is 386. The van der Waals surface area contributed by atoms with E-state index in [1.54, 1.807) is 0 Å². The largest absolute Gasteiger partial charge is 0.374 e. The molecule has 1 unspecified atom stereocenters. The molecule has 1 aliphatic heterocycles. The second-order valence-corrected chi connectivity index (χ2v) is 5.24. The topological polar surface area (TPSA) is 24.5 Å². The van der Waals surface area contributed by atoms with Crippen molar-refractivity contribution in [2.24, 2.45) is 0 Å². The molecule has 2 rings (SSSR count). The van der Waals surface area contributed by atoms with Gasteiger partial charge in [-0.1, -0.05) is 31.2 Å². The lowest BCUT2D eigenvalue weighted by atomic mass is 10.1. The van der Waals surface area contributed by atoms with Gasteiger partial charge in [-0.15, -0.1) is 11.6 Å². The van der Waals surface area contributed by atoms with Gasteiger partial charge in [0.05, 0.1) is 12.7 Å². The zero-order chi connectivity index (χ0) is 13.5. The van der Waals surface area contributed by atoms with Gasteiger partial charge in [0, 0.05) is 32.1 Å². The van der Waals surface area contributed by atoms with Gasteiger partial charge in [0.15, 0.2) is 0 Å². The van der Waals surface area contributed by atoms with Crippen LogP contribution in [-0.4, -0.2) is 43.8 Å². The first kappa shape index (κ1) is 14.8. The van der Waals surface area contributed by atoms with Crippen LogP contribution in [0.1, 0.15) is 18.1 Å². The van der Waals surface area contributed by atoms with E-state index in [1.165, 1.54) is 11.1 Å². The van der Waals surface area contributed by atoms with E-state index in [1.807, 2.05) is 0 Å². The second kappa shape index (κ2) is 7.85. The molecule has 1 fully saturated rings. The van der Waals surface area contributed by atoms with Gasteiger partial charge in [-0.05, 0) is 17.7 Å². The second-order valence-electron chi connectivity index (χ2n) is 4.97. The van der Waals surface area contributed by atoms with Gasteiger partial charge < -0.3 is 10.1 Å². The van der Waals surface area contributed by atoms with Crippen LogP contribution in [-0.2, 0) is 17.2 Å². The Balaban J connectivity index is 1.73. The number of halogens is 1. The van der Waals surface area contributed by atoms with Gasteiger partial charge in [-0.3, -0.25) is 4.90 Å². The van der Waals surface area contributed by atoms with Crippen LogP contribution < -0.4 is 5.32 Å². The van der Waals surface area contributed by atoms with Crippen molar-refractivity contribution >= 4 is 11.6 Å². The molecule has 0 radical (unpaired) electrons. The van der Waals surface area contributed by atoms with Crippen molar-refractivity contribution in [3.05, 3.63) is 35.4 Å². The number of morpholine rings is 1. The molecule has 0 aromatic heterocycles. The molecule has 0 amide bonds. The van der Waals surface area contributed by atoms with Gasteiger partial charge >= 0.3 is 0 Å². The van der Waals surface area contributed by atoms with E-state index >= 15 is 0 Å². The highest BCUT2D eigenvalue weighted by Gasteiger charge is 2.18. The number of nitrogens with zero attached hydrogens (tertiary/aromatic N) is 1. The van der Waals surface area contributed by atoms with Gasteiger partial charge in [0.1, 0.15) is 0 Å². The Labute approximate surface area is 120 Å². The fraction of sp³-hybridized carbons (Fsp3) is 0.600. The fourth-order valence-corrected chi connectivity index (χ4v) is 2.56. The van der Waals surface area contributed by atoms with Crippen molar-refractivity contribution in [3.63, 3.8) is 0 Å². The molecule has 19 heavy (non-hydrogen) atoms. The zero-order valence-corrected chi connectivity index (χ0v) is 12.3. The summed E-state index contributed by atoms with van der Waals surface area (Å²) in [5, 5.41) is 3.47. The van der Waals surface area contributed by atoms with Gasteiger partial charge in [0.25, 0.3) is 0 Å². The molecule has 1 atom stereocenters. The van der Waals surface area contributed by atoms with Gasteiger partial charge in [0.2, 0.25) is 0 Å². The molecule has 1 aliphatic rings. The number of hydrogen-bond acceptors (Lipinski definition) is 3. The molecule has 1 aromatic rings. The highest BCUT2D eigenvalue weighted by molar-refractivity contribution is 6.17. The van der Waals surface area contributed by atoms with Crippen LogP contribution in [0, 0.1) is 0 Å². The number of alkyl halides is 1. The van der Waals surface area contributed by atoms with Crippen LogP contribution in [0.4, 0.5) is 0 Å². The van der Waals surface area contributed by atoms with Crippen LogP contribution in [0.5, 0.6) is 0 Å². The molecule has 1 N–H and O–H groups in total. The third-order valence-electron chi connectivity index (χ3n) is 3.52. The molecule has 0 saturated carbocycles. The quantitative estimate of drug-likeness (QED) is 0.810. The summed E-state index contributed by atoms with van der Waals surface area (Å²) in [6.45, 7) is 8.03. The van der Waals surface area contributed by atoms with E-state index in [2.05, 4.69) is 41.4 Å². The summed E-state index contributed by atoms with van der Waals surface area (Å²) in [7, 11) is 0. The molecule has 3 nitrogen and oxygen atoms in total. The van der Waals surface area contributed by atoms with Crippen LogP contribution >= 0.6 is 11.6 Å². The van der Waals surface area contributed by atoms with Crippen LogP contribution in [0.15, 0.2) is 24.3 Å². The van der Waals surface area contributed by atoms with E-state index in [-0.39, 0.29) is 0 Å². The first-order valence-electron chi connectivity index (χ1n) is 7.00. The number of benzene rings is 1. The monoisotopic (exact) mass is 282 g/mol. The van der Waals surface area contributed by atoms with Crippen LogP contribution in [0.3, 0.4) is 0 Å². The summed E-state index contributed by atoms with van der Waals surface area (Å²) >= 11 is 5.84. The normalized spacial score (nSPS) is 20.6. The van der Waals surface area contributed by atoms with Crippen LogP contribution in [0.25, 0.3) is 0 Å². The summed E-state index contributed by atoms with van der Waals surface area (Å²) in [6, 6.07) is 8.40. The number of rotatable bonds is 6. The molecule has 106 valence electrons. The highest BCUT2D eigenvalue weighted by Crippen LogP contribution is 2.08. The molecule has 1 heterocycles. The van der Waals surface area contributed by atoms with Crippen molar-refractivity contribution < 1.29 is 4.74 Å². The van der Waals surface area contributed by atoms with E-state index in [4.69, 9.17) is 16.3 Å². The Hall–Kier alpha value is -0.610. The first-order valence-corrected chi connectivity index (χ1v) is 7.53. The van der Waals surface area contributed by atoms with E-state index in [9.17, 15) is 0 Å². The lowest BCUT2D eigenvalue weighted by Crippen LogP contribution is -2.46. The predicted octanol–water partition coefficient (Wildman–Crippen LogP) is 2.24. The molecule has 1 aromatic carbocycles. The minimum atomic E-state index is 0.310. The molecule has 1 saturated heterocycles. The molecule has 0 spiro atoms. The maximum Gasteiger partial charge on any atom is 0.0826 e. The average molecular weight is 283 g/mol. The van der Waals surface area contributed by atoms with Gasteiger partial charge in [-0.25, -0.2) is 0 Å². The van der Waals surface area contributed by atoms with Crippen molar-refractivity contribution in [2.45, 2.75) is 25.5 Å². The Morgan fingerprint density at radius 2 is 2.26 bits per heavy atom. The first-order chi connectivity index (χ1) is 9.31. The molecule has 4 heteroatoms. The lowest BCUT2D eigenvalue weighted by molar-refractivity contribution is -0.0253. The highest BCUT2D eigenvalue weighted by atomic mass is 35.5. The van der Waals surface area contributed by atoms with E-state index in [0.29, 0.717) is 12.0 Å². The third kappa shape index (κ3) is 4.77. The molecule has 0 aliphatic carbocycles. The van der Waals surface area contributed by atoms with Gasteiger partial charge in [-0.2, -0.15) is 0 Å². The lowest BCUT2D eigenvalue weighted by Gasteiger charge is -2.32. The van der Waals surface area contributed by atoms with Crippen molar-refractivity contribution in [3.8, 4) is 0 Å². The number of hydrogen-bond donors (Lipinski definition) is 1. The average Bonchev–Trinajstić information content (AvgIpc) is 2.48. The zero-order valence-electron chi connectivity index (χ0n) is 11.6. The predicted molar refractivity (Wildman–Crippen MR) is 79.6 cm³/mol. The maximum absolute atomic E-state index is 5.84. The summed E-state index contributed by atoms with van der Waals surface area (Å²) in [4.78, 5) is 2.43. The number of likely N-dealkylation sites (N-methyl/N-ethyl adjacent to an activating group) is 1. The minimum Gasteiger partial charge on any atom is -0.374 e. The van der Waals surface area contributed by atoms with E-state index < -0.39 is 0 Å². The van der Waals surface area contributed by atoms with Crippen molar-refractivity contribution in [2.75, 3.05) is 32.8 Å².